The van der Waals surface area contributed by atoms with Crippen LogP contribution in [0.3, 0.4) is 0 Å². The molecule has 2 heterocycles. The lowest BCUT2D eigenvalue weighted by molar-refractivity contribution is 0.0977. The fraction of sp³-hybridized carbons (Fsp3) is 0.0769. The molecular formula is C26H19N5O3S. The van der Waals surface area contributed by atoms with E-state index in [1.165, 1.54) is 0 Å². The summed E-state index contributed by atoms with van der Waals surface area (Å²) in [4.78, 5) is 14.3. The number of anilines is 1. The zero-order valence-corrected chi connectivity index (χ0v) is 19.4. The summed E-state index contributed by atoms with van der Waals surface area (Å²) in [5, 5.41) is 17.5. The van der Waals surface area contributed by atoms with Crippen LogP contribution in [0.15, 0.2) is 72.8 Å². The fourth-order valence-electron chi connectivity index (χ4n) is 4.06. The van der Waals surface area contributed by atoms with Crippen LogP contribution in [0.1, 0.15) is 15.9 Å². The van der Waals surface area contributed by atoms with Crippen LogP contribution in [0.4, 0.5) is 5.69 Å². The Hall–Kier alpha value is -4.50. The van der Waals surface area contributed by atoms with Gasteiger partial charge in [0.25, 0.3) is 5.91 Å². The molecule has 4 aromatic carbocycles. The number of benzene rings is 4. The monoisotopic (exact) mass is 481 g/mol. The van der Waals surface area contributed by atoms with Gasteiger partial charge in [0, 0.05) is 16.6 Å². The van der Waals surface area contributed by atoms with Gasteiger partial charge >= 0.3 is 0 Å². The van der Waals surface area contributed by atoms with E-state index in [1.807, 2.05) is 43.3 Å². The lowest BCUT2D eigenvalue weighted by Gasteiger charge is -2.12. The SMILES string of the molecule is Cc1cc2nn(-c3cccc4ccccc34)nc2cc1NC(=S)NC(=O)c1ccc2c(c1)OCO2. The highest BCUT2D eigenvalue weighted by atomic mass is 32.1. The first kappa shape index (κ1) is 21.1. The number of nitrogens with zero attached hydrogens (tertiary/aromatic N) is 3. The first-order valence-electron chi connectivity index (χ1n) is 10.9. The summed E-state index contributed by atoms with van der Waals surface area (Å²) in [6, 6.07) is 23.0. The molecule has 0 aliphatic carbocycles. The second kappa shape index (κ2) is 8.37. The van der Waals surface area contributed by atoms with Gasteiger partial charge in [-0.2, -0.15) is 0 Å². The molecule has 0 atom stereocenters. The summed E-state index contributed by atoms with van der Waals surface area (Å²) >= 11 is 5.39. The molecule has 0 fully saturated rings. The van der Waals surface area contributed by atoms with Crippen molar-refractivity contribution in [1.82, 2.24) is 20.3 Å². The predicted molar refractivity (Wildman–Crippen MR) is 137 cm³/mol. The van der Waals surface area contributed by atoms with Gasteiger partial charge in [-0.15, -0.1) is 15.0 Å². The predicted octanol–water partition coefficient (Wildman–Crippen LogP) is 4.74. The van der Waals surface area contributed by atoms with Gasteiger partial charge in [0.15, 0.2) is 16.6 Å². The Labute approximate surface area is 205 Å². The number of ether oxygens (including phenoxy) is 2. The van der Waals surface area contributed by atoms with E-state index in [2.05, 4.69) is 33.9 Å². The second-order valence-corrected chi connectivity index (χ2v) is 8.53. The van der Waals surface area contributed by atoms with Gasteiger partial charge in [-0.3, -0.25) is 10.1 Å². The largest absolute Gasteiger partial charge is 0.454 e. The van der Waals surface area contributed by atoms with Crippen molar-refractivity contribution in [3.8, 4) is 17.2 Å². The van der Waals surface area contributed by atoms with E-state index in [4.69, 9.17) is 26.8 Å². The minimum absolute atomic E-state index is 0.146. The molecule has 1 amide bonds. The topological polar surface area (TPSA) is 90.3 Å². The molecule has 2 N–H and O–H groups in total. The van der Waals surface area contributed by atoms with E-state index in [0.717, 1.165) is 33.2 Å². The normalized spacial score (nSPS) is 12.1. The van der Waals surface area contributed by atoms with Crippen LogP contribution < -0.4 is 20.1 Å². The molecule has 1 aliphatic rings. The Balaban J connectivity index is 1.24. The number of carbonyl (C=O) groups excluding carboxylic acids is 1. The van der Waals surface area contributed by atoms with Crippen molar-refractivity contribution in [3.63, 3.8) is 0 Å². The summed E-state index contributed by atoms with van der Waals surface area (Å²) < 4.78 is 10.6. The fourth-order valence-corrected chi connectivity index (χ4v) is 4.26. The first-order chi connectivity index (χ1) is 17.0. The van der Waals surface area contributed by atoms with Crippen molar-refractivity contribution in [2.24, 2.45) is 0 Å². The minimum atomic E-state index is -0.346. The first-order valence-corrected chi connectivity index (χ1v) is 11.3. The number of aryl methyl sites for hydroxylation is 1. The van der Waals surface area contributed by atoms with Crippen molar-refractivity contribution >= 4 is 50.7 Å². The van der Waals surface area contributed by atoms with Gasteiger partial charge in [0.2, 0.25) is 6.79 Å². The molecule has 0 spiro atoms. The number of nitrogens with one attached hydrogen (secondary N) is 2. The number of amides is 1. The quantitative estimate of drug-likeness (QED) is 0.360. The van der Waals surface area contributed by atoms with Gasteiger partial charge < -0.3 is 14.8 Å². The van der Waals surface area contributed by atoms with E-state index in [9.17, 15) is 4.79 Å². The molecule has 0 saturated heterocycles. The van der Waals surface area contributed by atoms with Gasteiger partial charge in [-0.1, -0.05) is 36.4 Å². The van der Waals surface area contributed by atoms with Crippen LogP contribution in [0, 0.1) is 6.92 Å². The maximum absolute atomic E-state index is 12.6. The molecule has 0 unspecified atom stereocenters. The van der Waals surface area contributed by atoms with Crippen LogP contribution in [-0.2, 0) is 0 Å². The number of hydrogen-bond donors (Lipinski definition) is 2. The van der Waals surface area contributed by atoms with E-state index in [1.54, 1.807) is 23.0 Å². The zero-order chi connectivity index (χ0) is 23.9. The van der Waals surface area contributed by atoms with E-state index >= 15 is 0 Å². The Morgan fingerprint density at radius 1 is 0.943 bits per heavy atom. The summed E-state index contributed by atoms with van der Waals surface area (Å²) in [6.07, 6.45) is 0. The second-order valence-electron chi connectivity index (χ2n) is 8.12. The number of thiocarbonyl (C=S) groups is 1. The number of carbonyl (C=O) groups is 1. The zero-order valence-electron chi connectivity index (χ0n) is 18.6. The van der Waals surface area contributed by atoms with Gasteiger partial charge in [0.05, 0.1) is 5.69 Å². The van der Waals surface area contributed by atoms with Gasteiger partial charge in [-0.05, 0) is 66.5 Å². The minimum Gasteiger partial charge on any atom is -0.454 e. The summed E-state index contributed by atoms with van der Waals surface area (Å²) in [5.74, 6) is 0.802. The van der Waals surface area contributed by atoms with E-state index in [-0.39, 0.29) is 17.8 Å². The summed E-state index contributed by atoms with van der Waals surface area (Å²) in [6.45, 7) is 2.09. The van der Waals surface area contributed by atoms with Crippen LogP contribution >= 0.6 is 12.2 Å². The number of aromatic nitrogens is 3. The van der Waals surface area contributed by atoms with Crippen molar-refractivity contribution in [2.75, 3.05) is 12.1 Å². The molecule has 172 valence electrons. The molecule has 8 nitrogen and oxygen atoms in total. The van der Waals surface area contributed by atoms with Gasteiger partial charge in [0.1, 0.15) is 11.0 Å². The average Bonchev–Trinajstić information content (AvgIpc) is 3.50. The summed E-state index contributed by atoms with van der Waals surface area (Å²) in [5.41, 5.74) is 4.44. The molecule has 6 rings (SSSR count). The Bertz CT molecular complexity index is 1640. The lowest BCUT2D eigenvalue weighted by atomic mass is 10.1. The molecule has 0 bridgehead atoms. The number of rotatable bonds is 3. The van der Waals surface area contributed by atoms with Crippen LogP contribution in [0.2, 0.25) is 0 Å². The van der Waals surface area contributed by atoms with Crippen molar-refractivity contribution in [1.29, 1.82) is 0 Å². The van der Waals surface area contributed by atoms with Crippen molar-refractivity contribution in [2.45, 2.75) is 6.92 Å². The Morgan fingerprint density at radius 3 is 2.60 bits per heavy atom. The smallest absolute Gasteiger partial charge is 0.257 e. The maximum Gasteiger partial charge on any atom is 0.257 e. The molecule has 1 aromatic heterocycles. The van der Waals surface area contributed by atoms with E-state index < -0.39 is 0 Å². The summed E-state index contributed by atoms with van der Waals surface area (Å²) in [7, 11) is 0. The molecule has 35 heavy (non-hydrogen) atoms. The van der Waals surface area contributed by atoms with Crippen LogP contribution in [-0.4, -0.2) is 32.8 Å². The lowest BCUT2D eigenvalue weighted by Crippen LogP contribution is -2.34. The Kier molecular flexibility index (Phi) is 5.04. The third-order valence-electron chi connectivity index (χ3n) is 5.82. The molecular weight excluding hydrogens is 462 g/mol. The van der Waals surface area contributed by atoms with E-state index in [0.29, 0.717) is 22.6 Å². The van der Waals surface area contributed by atoms with Gasteiger partial charge in [-0.25, -0.2) is 0 Å². The molecule has 1 aliphatic heterocycles. The molecule has 0 saturated carbocycles. The molecule has 5 aromatic rings. The number of hydrogen-bond acceptors (Lipinski definition) is 6. The van der Waals surface area contributed by atoms with Crippen LogP contribution in [0.5, 0.6) is 11.5 Å². The highest BCUT2D eigenvalue weighted by Crippen LogP contribution is 2.32. The Morgan fingerprint density at radius 2 is 1.71 bits per heavy atom. The highest BCUT2D eigenvalue weighted by Gasteiger charge is 2.17. The maximum atomic E-state index is 12.6. The van der Waals surface area contributed by atoms with Crippen LogP contribution in [0.25, 0.3) is 27.5 Å². The van der Waals surface area contributed by atoms with Crippen molar-refractivity contribution < 1.29 is 14.3 Å². The molecule has 0 radical (unpaired) electrons. The van der Waals surface area contributed by atoms with Crippen molar-refractivity contribution in [3.05, 3.63) is 83.9 Å². The number of fused-ring (bicyclic) bond motifs is 3. The standard InChI is InChI=1S/C26H19N5O3S/c1-15-11-20-21(30-31(29-20)22-8-4-6-16-5-2-3-7-18(16)22)13-19(15)27-26(35)28-25(32)17-9-10-23-24(12-17)34-14-33-23/h2-13H,14H2,1H3,(H2,27,28,32,35). The third kappa shape index (κ3) is 3.91. The highest BCUT2D eigenvalue weighted by molar-refractivity contribution is 7.80. The average molecular weight is 482 g/mol. The molecule has 9 heteroatoms. The third-order valence-corrected chi connectivity index (χ3v) is 6.02.